The molecule has 0 bridgehead atoms. The van der Waals surface area contributed by atoms with Crippen LogP contribution in [0.2, 0.25) is 13.1 Å². The zero-order valence-electron chi connectivity index (χ0n) is 13.8. The Morgan fingerprint density at radius 2 is 1.90 bits per heavy atom. The summed E-state index contributed by atoms with van der Waals surface area (Å²) in [6.45, 7) is 10.9. The Morgan fingerprint density at radius 3 is 2.43 bits per heavy atom. The van der Waals surface area contributed by atoms with E-state index in [4.69, 9.17) is 4.84 Å². The molecule has 1 rings (SSSR count). The summed E-state index contributed by atoms with van der Waals surface area (Å²) in [5.41, 5.74) is 1.23. The molecule has 0 N–H and O–H groups in total. The number of nitrogens with zero attached hydrogens (tertiary/aromatic N) is 1. The highest BCUT2D eigenvalue weighted by Gasteiger charge is 2.39. The first-order valence-electron chi connectivity index (χ1n) is 7.57. The van der Waals surface area contributed by atoms with E-state index >= 15 is 0 Å². The fourth-order valence-electron chi connectivity index (χ4n) is 2.81. The van der Waals surface area contributed by atoms with Crippen LogP contribution in [-0.4, -0.2) is 13.8 Å². The second-order valence-electron chi connectivity index (χ2n) is 6.52. The Bertz CT molecular complexity index is 467. The molecule has 21 heavy (non-hydrogen) atoms. The van der Waals surface area contributed by atoms with E-state index in [-0.39, 0.29) is 5.73 Å². The molecule has 3 nitrogen and oxygen atoms in total. The number of hydrogen-bond donors (Lipinski definition) is 0. The van der Waals surface area contributed by atoms with Crippen LogP contribution in [-0.2, 0) is 4.84 Å². The van der Waals surface area contributed by atoms with Crippen molar-refractivity contribution in [2.24, 2.45) is 11.3 Å². The van der Waals surface area contributed by atoms with Crippen molar-refractivity contribution in [3.63, 3.8) is 0 Å². The van der Waals surface area contributed by atoms with Crippen LogP contribution in [0.25, 0.3) is 0 Å². The summed E-state index contributed by atoms with van der Waals surface area (Å²) in [7, 11) is -1.91. The normalized spacial score (nSPS) is 14.1. The topological polar surface area (TPSA) is 38.7 Å². The van der Waals surface area contributed by atoms with Crippen LogP contribution in [0.3, 0.4) is 0 Å². The monoisotopic (exact) mass is 305 g/mol. The van der Waals surface area contributed by atoms with E-state index in [1.807, 2.05) is 18.2 Å². The van der Waals surface area contributed by atoms with Crippen LogP contribution in [0, 0.1) is 10.8 Å². The second-order valence-corrected chi connectivity index (χ2v) is 11.1. The summed E-state index contributed by atoms with van der Waals surface area (Å²) in [6.07, 6.45) is 4.26. The van der Waals surface area contributed by atoms with E-state index in [1.54, 1.807) is 0 Å². The van der Waals surface area contributed by atoms with Crippen LogP contribution >= 0.6 is 0 Å². The molecule has 116 valence electrons. The first kappa shape index (κ1) is 17.6. The summed E-state index contributed by atoms with van der Waals surface area (Å²) in [5.74, 6) is 0.306. The Kier molecular flexibility index (Phi) is 6.82. The standard InChI is InChI=1S/C17H27NO2Si/c1-14(2)10-9-11-15(3)17(20-18-19)21(4,5)16-12-7-6-8-13-16/h6-8,10,12-13,15,17H,9,11H2,1-5H3. The molecule has 4 heteroatoms. The Balaban J connectivity index is 2.89. The molecule has 1 aromatic carbocycles. The molecule has 2 unspecified atom stereocenters. The summed E-state index contributed by atoms with van der Waals surface area (Å²) in [4.78, 5) is 16.0. The molecule has 0 spiro atoms. The second kappa shape index (κ2) is 8.13. The lowest BCUT2D eigenvalue weighted by molar-refractivity contribution is 0.0657. The number of benzene rings is 1. The maximum Gasteiger partial charge on any atom is 0.155 e. The van der Waals surface area contributed by atoms with E-state index in [0.717, 1.165) is 12.8 Å². The summed E-state index contributed by atoms with van der Waals surface area (Å²) in [6, 6.07) is 10.4. The average molecular weight is 305 g/mol. The molecule has 0 heterocycles. The minimum Gasteiger partial charge on any atom is -0.364 e. The van der Waals surface area contributed by atoms with Crippen molar-refractivity contribution in [2.45, 2.75) is 52.4 Å². The lowest BCUT2D eigenvalue weighted by Crippen LogP contribution is -2.55. The highest BCUT2D eigenvalue weighted by Crippen LogP contribution is 2.24. The van der Waals surface area contributed by atoms with Crippen molar-refractivity contribution < 1.29 is 4.84 Å². The Morgan fingerprint density at radius 1 is 1.29 bits per heavy atom. The lowest BCUT2D eigenvalue weighted by atomic mass is 10.1. The third kappa shape index (κ3) is 5.12. The summed E-state index contributed by atoms with van der Waals surface area (Å²) >= 11 is 0. The first-order valence-corrected chi connectivity index (χ1v) is 10.6. The zero-order chi connectivity index (χ0) is 15.9. The molecule has 0 aliphatic carbocycles. The molecule has 0 aliphatic rings. The van der Waals surface area contributed by atoms with Crippen LogP contribution in [0.5, 0.6) is 0 Å². The molecule has 0 radical (unpaired) electrons. The van der Waals surface area contributed by atoms with E-state index in [0.29, 0.717) is 5.92 Å². The quantitative estimate of drug-likeness (QED) is 0.305. The van der Waals surface area contributed by atoms with Crippen LogP contribution in [0.1, 0.15) is 33.6 Å². The van der Waals surface area contributed by atoms with E-state index < -0.39 is 8.07 Å². The molecule has 1 aromatic rings. The van der Waals surface area contributed by atoms with Crippen molar-refractivity contribution in [3.05, 3.63) is 46.9 Å². The maximum atomic E-state index is 10.7. The Labute approximate surface area is 129 Å². The van der Waals surface area contributed by atoms with Gasteiger partial charge >= 0.3 is 0 Å². The largest absolute Gasteiger partial charge is 0.364 e. The van der Waals surface area contributed by atoms with Gasteiger partial charge in [-0.1, -0.05) is 67.2 Å². The van der Waals surface area contributed by atoms with Gasteiger partial charge in [0.05, 0.1) is 0 Å². The summed E-state index contributed by atoms with van der Waals surface area (Å²) < 4.78 is 0. The third-order valence-electron chi connectivity index (χ3n) is 4.08. The lowest BCUT2D eigenvalue weighted by Gasteiger charge is -2.34. The van der Waals surface area contributed by atoms with Gasteiger partial charge in [-0.05, 0) is 32.6 Å². The van der Waals surface area contributed by atoms with Crippen molar-refractivity contribution in [2.75, 3.05) is 0 Å². The molecule has 0 saturated heterocycles. The summed E-state index contributed by atoms with van der Waals surface area (Å²) in [5, 5.41) is 4.06. The molecule has 0 saturated carbocycles. The highest BCUT2D eigenvalue weighted by molar-refractivity contribution is 6.90. The average Bonchev–Trinajstić information content (AvgIpc) is 2.45. The number of rotatable bonds is 8. The molecule has 0 amide bonds. The predicted octanol–water partition coefficient (Wildman–Crippen LogP) is 4.59. The van der Waals surface area contributed by atoms with Crippen molar-refractivity contribution in [1.82, 2.24) is 0 Å². The van der Waals surface area contributed by atoms with Gasteiger partial charge in [0, 0.05) is 0 Å². The van der Waals surface area contributed by atoms with Crippen LogP contribution in [0.15, 0.2) is 47.3 Å². The molecule has 2 atom stereocenters. The van der Waals surface area contributed by atoms with Gasteiger partial charge in [0.1, 0.15) is 13.8 Å². The van der Waals surface area contributed by atoms with Gasteiger partial charge in [-0.3, -0.25) is 0 Å². The van der Waals surface area contributed by atoms with E-state index in [1.165, 1.54) is 10.8 Å². The van der Waals surface area contributed by atoms with Gasteiger partial charge in [-0.25, -0.2) is 0 Å². The molecular formula is C17H27NO2Si. The zero-order valence-corrected chi connectivity index (χ0v) is 14.8. The smallest absolute Gasteiger partial charge is 0.155 e. The third-order valence-corrected chi connectivity index (χ3v) is 8.00. The number of hydrogen-bond acceptors (Lipinski definition) is 3. The van der Waals surface area contributed by atoms with E-state index in [9.17, 15) is 4.91 Å². The number of allylic oxidation sites excluding steroid dienone is 2. The van der Waals surface area contributed by atoms with Crippen molar-refractivity contribution in [3.8, 4) is 0 Å². The molecule has 0 aromatic heterocycles. The SMILES string of the molecule is CC(C)=CCCC(C)C(ON=O)[Si](C)(C)c1ccccc1. The fraction of sp³-hybridized carbons (Fsp3) is 0.529. The van der Waals surface area contributed by atoms with Gasteiger partial charge in [0.2, 0.25) is 0 Å². The van der Waals surface area contributed by atoms with Gasteiger partial charge in [0.25, 0.3) is 0 Å². The van der Waals surface area contributed by atoms with Crippen molar-refractivity contribution in [1.29, 1.82) is 0 Å². The minimum absolute atomic E-state index is 0.0945. The van der Waals surface area contributed by atoms with Crippen LogP contribution in [0.4, 0.5) is 0 Å². The molecule has 0 fully saturated rings. The van der Waals surface area contributed by atoms with E-state index in [2.05, 4.69) is 57.4 Å². The van der Waals surface area contributed by atoms with Gasteiger partial charge in [-0.2, -0.15) is 0 Å². The van der Waals surface area contributed by atoms with Gasteiger partial charge in [0.15, 0.2) is 5.34 Å². The molecular weight excluding hydrogens is 278 g/mol. The first-order chi connectivity index (χ1) is 9.89. The highest BCUT2D eigenvalue weighted by atomic mass is 28.3. The predicted molar refractivity (Wildman–Crippen MR) is 92.1 cm³/mol. The fourth-order valence-corrected chi connectivity index (χ4v) is 6.09. The minimum atomic E-state index is -1.91. The van der Waals surface area contributed by atoms with Gasteiger partial charge < -0.3 is 4.84 Å². The maximum absolute atomic E-state index is 10.7. The van der Waals surface area contributed by atoms with Gasteiger partial charge in [-0.15, -0.1) is 4.91 Å². The van der Waals surface area contributed by atoms with Crippen LogP contribution < -0.4 is 5.19 Å². The molecule has 0 aliphatic heterocycles. The Hall–Kier alpha value is -1.42. The van der Waals surface area contributed by atoms with Crippen molar-refractivity contribution >= 4 is 13.3 Å².